The lowest BCUT2D eigenvalue weighted by Gasteiger charge is -1.91. The van der Waals surface area contributed by atoms with Crippen molar-refractivity contribution in [1.82, 2.24) is 0 Å². The summed E-state index contributed by atoms with van der Waals surface area (Å²) in [4.78, 5) is 0.999. The minimum absolute atomic E-state index is 0.895. The van der Waals surface area contributed by atoms with Crippen molar-refractivity contribution >= 4 is 17.1 Å². The molecule has 0 amide bonds. The Morgan fingerprint density at radius 2 is 2.57 bits per heavy atom. The molecular formula is C6H5S. The van der Waals surface area contributed by atoms with Crippen molar-refractivity contribution in [2.45, 2.75) is 6.42 Å². The fraction of sp³-hybridized carbons (Fsp3) is 0.167. The number of hydrogen-bond donors (Lipinski definition) is 0. The van der Waals surface area contributed by atoms with Crippen LogP contribution in [0.25, 0.3) is 0 Å². The molecule has 0 aliphatic heterocycles. The van der Waals surface area contributed by atoms with E-state index in [0.717, 1.165) is 11.3 Å². The Balaban J connectivity index is 2.66. The monoisotopic (exact) mass is 109 g/mol. The molecule has 0 saturated heterocycles. The zero-order valence-electron chi connectivity index (χ0n) is 3.85. The highest BCUT2D eigenvalue weighted by Gasteiger charge is 1.87. The molecule has 0 N–H and O–H groups in total. The van der Waals surface area contributed by atoms with Crippen molar-refractivity contribution in [3.63, 3.8) is 0 Å². The fourth-order valence-corrected chi connectivity index (χ4v) is 0.588. The lowest BCUT2D eigenvalue weighted by molar-refractivity contribution is 1.48. The maximum atomic E-state index is 4.85. The van der Waals surface area contributed by atoms with Gasteiger partial charge in [0.05, 0.1) is 0 Å². The third-order valence-corrected chi connectivity index (χ3v) is 1.09. The number of rotatable bonds is 0. The summed E-state index contributed by atoms with van der Waals surface area (Å²) in [6.45, 7) is 0. The highest BCUT2D eigenvalue weighted by molar-refractivity contribution is 7.80. The van der Waals surface area contributed by atoms with Crippen molar-refractivity contribution in [2.75, 3.05) is 0 Å². The molecule has 0 aromatic rings. The Kier molecular flexibility index (Phi) is 1.37. The zero-order chi connectivity index (χ0) is 5.11. The van der Waals surface area contributed by atoms with Crippen LogP contribution >= 0.6 is 12.2 Å². The highest BCUT2D eigenvalue weighted by atomic mass is 32.1. The van der Waals surface area contributed by atoms with Crippen molar-refractivity contribution in [1.29, 1.82) is 0 Å². The van der Waals surface area contributed by atoms with Gasteiger partial charge in [0.2, 0.25) is 0 Å². The Hall–Kier alpha value is -0.430. The van der Waals surface area contributed by atoms with Crippen LogP contribution in [0.1, 0.15) is 6.42 Å². The van der Waals surface area contributed by atoms with Gasteiger partial charge >= 0.3 is 0 Å². The molecule has 0 unspecified atom stereocenters. The standard InChI is InChI=1S/C6H5S/c7-6-4-2-1-3-5-6/h2-4H,5H2. The second-order valence-corrected chi connectivity index (χ2v) is 1.90. The van der Waals surface area contributed by atoms with Crippen LogP contribution in [-0.4, -0.2) is 4.86 Å². The van der Waals surface area contributed by atoms with E-state index in [4.69, 9.17) is 12.2 Å². The summed E-state index contributed by atoms with van der Waals surface area (Å²) in [5.41, 5.74) is 0. The normalized spacial score (nSPS) is 18.0. The molecule has 0 heterocycles. The van der Waals surface area contributed by atoms with E-state index in [1.54, 1.807) is 0 Å². The van der Waals surface area contributed by atoms with E-state index >= 15 is 0 Å². The van der Waals surface area contributed by atoms with Gasteiger partial charge in [-0.05, 0) is 12.2 Å². The van der Waals surface area contributed by atoms with Gasteiger partial charge in [0.15, 0.2) is 0 Å². The van der Waals surface area contributed by atoms with Crippen LogP contribution in [0.2, 0.25) is 0 Å². The minimum Gasteiger partial charge on any atom is -0.0846 e. The lowest BCUT2D eigenvalue weighted by atomic mass is 10.2. The van der Waals surface area contributed by atoms with E-state index in [2.05, 4.69) is 6.08 Å². The molecule has 1 rings (SSSR count). The fourth-order valence-electron chi connectivity index (χ4n) is 0.437. The topological polar surface area (TPSA) is 0 Å². The third kappa shape index (κ3) is 1.24. The Labute approximate surface area is 48.5 Å². The summed E-state index contributed by atoms with van der Waals surface area (Å²) < 4.78 is 0. The molecule has 0 atom stereocenters. The first-order valence-electron chi connectivity index (χ1n) is 2.17. The predicted molar refractivity (Wildman–Crippen MR) is 34.2 cm³/mol. The molecular weight excluding hydrogens is 104 g/mol. The highest BCUT2D eigenvalue weighted by Crippen LogP contribution is 1.96. The molecule has 35 valence electrons. The van der Waals surface area contributed by atoms with Crippen LogP contribution in [0.3, 0.4) is 0 Å². The first kappa shape index (κ1) is 4.72. The molecule has 1 aliphatic rings. The number of allylic oxidation sites excluding steroid dienone is 4. The van der Waals surface area contributed by atoms with Crippen LogP contribution in [0.15, 0.2) is 18.2 Å². The van der Waals surface area contributed by atoms with E-state index in [9.17, 15) is 0 Å². The number of hydrogen-bond acceptors (Lipinski definition) is 1. The Bertz CT molecular complexity index is 131. The van der Waals surface area contributed by atoms with E-state index < -0.39 is 0 Å². The van der Waals surface area contributed by atoms with Crippen LogP contribution < -0.4 is 0 Å². The first-order chi connectivity index (χ1) is 3.39. The van der Waals surface area contributed by atoms with E-state index in [-0.39, 0.29) is 0 Å². The van der Waals surface area contributed by atoms with Gasteiger partial charge in [-0.25, -0.2) is 0 Å². The van der Waals surface area contributed by atoms with Gasteiger partial charge in [-0.1, -0.05) is 24.4 Å². The van der Waals surface area contributed by atoms with E-state index in [1.807, 2.05) is 18.2 Å². The molecule has 0 fully saturated rings. The maximum absolute atomic E-state index is 4.85. The predicted octanol–water partition coefficient (Wildman–Crippen LogP) is 1.68. The van der Waals surface area contributed by atoms with Crippen LogP contribution in [0, 0.1) is 6.08 Å². The summed E-state index contributed by atoms with van der Waals surface area (Å²) in [5.74, 6) is 0. The molecule has 0 bridgehead atoms. The molecule has 0 spiro atoms. The molecule has 0 aromatic heterocycles. The molecule has 1 aliphatic carbocycles. The van der Waals surface area contributed by atoms with Gasteiger partial charge in [0.25, 0.3) is 0 Å². The maximum Gasteiger partial charge on any atom is 0.0190 e. The Morgan fingerprint density at radius 3 is 2.86 bits per heavy atom. The lowest BCUT2D eigenvalue weighted by Crippen LogP contribution is -1.87. The molecule has 0 saturated carbocycles. The molecule has 1 radical (unpaired) electrons. The number of thiocarbonyl (C=S) groups is 1. The second-order valence-electron chi connectivity index (χ2n) is 1.37. The molecule has 7 heavy (non-hydrogen) atoms. The van der Waals surface area contributed by atoms with Gasteiger partial charge in [-0.2, -0.15) is 0 Å². The summed E-state index contributed by atoms with van der Waals surface area (Å²) in [7, 11) is 0. The average Bonchev–Trinajstić information content (AvgIpc) is 1.69. The van der Waals surface area contributed by atoms with Crippen molar-refractivity contribution in [3.8, 4) is 0 Å². The van der Waals surface area contributed by atoms with Gasteiger partial charge in [-0.3, -0.25) is 0 Å². The zero-order valence-corrected chi connectivity index (χ0v) is 4.66. The van der Waals surface area contributed by atoms with Gasteiger partial charge in [0.1, 0.15) is 0 Å². The van der Waals surface area contributed by atoms with Gasteiger partial charge in [0, 0.05) is 11.3 Å². The Morgan fingerprint density at radius 1 is 1.71 bits per heavy atom. The first-order valence-corrected chi connectivity index (χ1v) is 2.57. The van der Waals surface area contributed by atoms with Crippen molar-refractivity contribution in [3.05, 3.63) is 24.3 Å². The quantitative estimate of drug-likeness (QED) is 0.426. The minimum atomic E-state index is 0.895. The molecule has 1 heteroatoms. The van der Waals surface area contributed by atoms with Crippen molar-refractivity contribution < 1.29 is 0 Å². The smallest absolute Gasteiger partial charge is 0.0190 e. The molecule has 0 aromatic carbocycles. The summed E-state index contributed by atoms with van der Waals surface area (Å²) in [5, 5.41) is 0. The van der Waals surface area contributed by atoms with E-state index in [0.29, 0.717) is 0 Å². The summed E-state index contributed by atoms with van der Waals surface area (Å²) in [6.07, 6.45) is 9.49. The molecule has 0 nitrogen and oxygen atoms in total. The SMILES string of the molecule is S=C1C=C[C]=CC1. The van der Waals surface area contributed by atoms with Crippen LogP contribution in [0.4, 0.5) is 0 Å². The average molecular weight is 109 g/mol. The summed E-state index contributed by atoms with van der Waals surface area (Å²) in [6, 6.07) is 0. The third-order valence-electron chi connectivity index (χ3n) is 0.787. The second kappa shape index (κ2) is 2.03. The summed E-state index contributed by atoms with van der Waals surface area (Å²) >= 11 is 4.85. The largest absolute Gasteiger partial charge is 0.0846 e. The van der Waals surface area contributed by atoms with Crippen LogP contribution in [0.5, 0.6) is 0 Å². The van der Waals surface area contributed by atoms with E-state index in [1.165, 1.54) is 0 Å². The van der Waals surface area contributed by atoms with Gasteiger partial charge < -0.3 is 0 Å². The van der Waals surface area contributed by atoms with Crippen LogP contribution in [-0.2, 0) is 0 Å². The van der Waals surface area contributed by atoms with Gasteiger partial charge in [-0.15, -0.1) is 0 Å². The van der Waals surface area contributed by atoms with Crippen molar-refractivity contribution in [2.24, 2.45) is 0 Å².